The number of rotatable bonds is 7. The Labute approximate surface area is 199 Å². The van der Waals surface area contributed by atoms with Gasteiger partial charge in [-0.3, -0.25) is 9.59 Å². The van der Waals surface area contributed by atoms with Gasteiger partial charge in [0.05, 0.1) is 18.5 Å². The molecule has 0 bridgehead atoms. The molecule has 2 aliphatic rings. The number of likely N-dealkylation sites (tertiary alicyclic amines) is 1. The van der Waals surface area contributed by atoms with E-state index in [0.717, 1.165) is 37.7 Å². The molecule has 0 saturated carbocycles. The highest BCUT2D eigenvalue weighted by atomic mass is 19.4. The SMILES string of the molecule is Cc1cnc(N2CCC(N3CC[C@@H](OC[C@H](C)Nc4cn[nH]c(=O)c4C(F)(F)F)C3=O)CC2)nc1. The van der Waals surface area contributed by atoms with Crippen molar-refractivity contribution < 1.29 is 22.7 Å². The fraction of sp³-hybridized carbons (Fsp3) is 0.591. The molecule has 0 unspecified atom stereocenters. The predicted molar refractivity (Wildman–Crippen MR) is 121 cm³/mol. The first kappa shape index (κ1) is 24.9. The van der Waals surface area contributed by atoms with Crippen molar-refractivity contribution in [2.45, 2.75) is 57.5 Å². The van der Waals surface area contributed by atoms with Crippen LogP contribution in [0.25, 0.3) is 0 Å². The van der Waals surface area contributed by atoms with Gasteiger partial charge in [0.1, 0.15) is 11.7 Å². The van der Waals surface area contributed by atoms with E-state index in [1.165, 1.54) is 0 Å². The normalized spacial score (nSPS) is 20.4. The summed E-state index contributed by atoms with van der Waals surface area (Å²) >= 11 is 0. The van der Waals surface area contributed by atoms with Gasteiger partial charge in [-0.2, -0.15) is 18.3 Å². The van der Waals surface area contributed by atoms with Gasteiger partial charge in [0.25, 0.3) is 11.5 Å². The molecule has 2 saturated heterocycles. The number of alkyl halides is 3. The lowest BCUT2D eigenvalue weighted by molar-refractivity contribution is -0.139. The van der Waals surface area contributed by atoms with E-state index in [9.17, 15) is 22.8 Å². The van der Waals surface area contributed by atoms with Gasteiger partial charge in [-0.05, 0) is 32.3 Å². The van der Waals surface area contributed by atoms with Crippen molar-refractivity contribution in [1.82, 2.24) is 25.1 Å². The van der Waals surface area contributed by atoms with Crippen LogP contribution in [-0.4, -0.2) is 75.4 Å². The molecule has 0 radical (unpaired) electrons. The van der Waals surface area contributed by atoms with Gasteiger partial charge in [-0.15, -0.1) is 0 Å². The molecule has 0 aliphatic carbocycles. The van der Waals surface area contributed by atoms with Crippen LogP contribution in [0.3, 0.4) is 0 Å². The number of nitrogens with zero attached hydrogens (tertiary/aromatic N) is 5. The fourth-order valence-corrected chi connectivity index (χ4v) is 4.48. The number of nitrogens with one attached hydrogen (secondary N) is 2. The number of carbonyl (C=O) groups is 1. The van der Waals surface area contributed by atoms with Crippen LogP contribution in [0.2, 0.25) is 0 Å². The minimum absolute atomic E-state index is 0.00243. The van der Waals surface area contributed by atoms with Crippen LogP contribution in [0.15, 0.2) is 23.4 Å². The first-order valence-electron chi connectivity index (χ1n) is 11.5. The Morgan fingerprint density at radius 3 is 2.49 bits per heavy atom. The molecule has 13 heteroatoms. The van der Waals surface area contributed by atoms with Crippen molar-refractivity contribution in [2.24, 2.45) is 0 Å². The molecular weight excluding hydrogens is 467 g/mol. The molecule has 4 heterocycles. The van der Waals surface area contributed by atoms with Crippen LogP contribution in [-0.2, 0) is 15.7 Å². The van der Waals surface area contributed by atoms with Gasteiger partial charge in [0.15, 0.2) is 0 Å². The molecule has 4 rings (SSSR count). The summed E-state index contributed by atoms with van der Waals surface area (Å²) in [6.45, 7) is 5.61. The highest BCUT2D eigenvalue weighted by Crippen LogP contribution is 2.32. The molecular formula is C22H28F3N7O3. The van der Waals surface area contributed by atoms with Crippen LogP contribution in [0.1, 0.15) is 37.3 Å². The molecule has 2 aliphatic heterocycles. The van der Waals surface area contributed by atoms with Gasteiger partial charge in [0.2, 0.25) is 5.95 Å². The molecule has 1 amide bonds. The smallest absolute Gasteiger partial charge is 0.378 e. The Bertz CT molecular complexity index is 1080. The van der Waals surface area contributed by atoms with Gasteiger partial charge in [-0.1, -0.05) is 0 Å². The van der Waals surface area contributed by atoms with Crippen LogP contribution < -0.4 is 15.8 Å². The lowest BCUT2D eigenvalue weighted by atomic mass is 10.0. The summed E-state index contributed by atoms with van der Waals surface area (Å²) < 4.78 is 45.4. The molecule has 0 aromatic carbocycles. The van der Waals surface area contributed by atoms with Gasteiger partial charge in [0, 0.05) is 50.5 Å². The number of aromatic nitrogens is 4. The summed E-state index contributed by atoms with van der Waals surface area (Å²) in [5, 5.41) is 7.86. The number of aryl methyl sites for hydroxylation is 1. The third kappa shape index (κ3) is 5.72. The number of hydrogen-bond donors (Lipinski definition) is 2. The maximum absolute atomic E-state index is 13.2. The van der Waals surface area contributed by atoms with E-state index < -0.39 is 35.1 Å². The molecule has 10 nitrogen and oxygen atoms in total. The molecule has 0 spiro atoms. The lowest BCUT2D eigenvalue weighted by Gasteiger charge is -2.36. The van der Waals surface area contributed by atoms with Crippen LogP contribution in [0, 0.1) is 6.92 Å². The highest BCUT2D eigenvalue weighted by molar-refractivity contribution is 5.83. The van der Waals surface area contributed by atoms with Gasteiger partial charge >= 0.3 is 6.18 Å². The minimum atomic E-state index is -4.83. The zero-order valence-electron chi connectivity index (χ0n) is 19.5. The number of H-pyrrole nitrogens is 1. The number of halogens is 3. The average molecular weight is 496 g/mol. The van der Waals surface area contributed by atoms with E-state index in [4.69, 9.17) is 4.74 Å². The quantitative estimate of drug-likeness (QED) is 0.599. The predicted octanol–water partition coefficient (Wildman–Crippen LogP) is 1.97. The first-order chi connectivity index (χ1) is 16.6. The van der Waals surface area contributed by atoms with Crippen molar-refractivity contribution in [3.63, 3.8) is 0 Å². The summed E-state index contributed by atoms with van der Waals surface area (Å²) in [6, 6.07) is -0.482. The van der Waals surface area contributed by atoms with Crippen LogP contribution in [0.4, 0.5) is 24.8 Å². The maximum atomic E-state index is 13.2. The van der Waals surface area contributed by atoms with Gasteiger partial charge in [-0.25, -0.2) is 15.1 Å². The summed E-state index contributed by atoms with van der Waals surface area (Å²) in [7, 11) is 0. The Morgan fingerprint density at radius 1 is 1.14 bits per heavy atom. The van der Waals surface area contributed by atoms with Crippen molar-refractivity contribution in [3.8, 4) is 0 Å². The number of aromatic amines is 1. The Morgan fingerprint density at radius 2 is 1.83 bits per heavy atom. The minimum Gasteiger partial charge on any atom is -0.378 e. The number of carbonyl (C=O) groups excluding carboxylic acids is 1. The van der Waals surface area contributed by atoms with Crippen molar-refractivity contribution in [3.05, 3.63) is 40.1 Å². The highest BCUT2D eigenvalue weighted by Gasteiger charge is 2.39. The number of hydrogen-bond acceptors (Lipinski definition) is 8. The Kier molecular flexibility index (Phi) is 7.24. The number of piperidine rings is 1. The molecule has 2 atom stereocenters. The third-order valence-corrected chi connectivity index (χ3v) is 6.24. The summed E-state index contributed by atoms with van der Waals surface area (Å²) in [6.07, 6.45) is 1.12. The third-order valence-electron chi connectivity index (χ3n) is 6.24. The molecule has 2 fully saturated rings. The van der Waals surface area contributed by atoms with E-state index in [2.05, 4.69) is 25.3 Å². The van der Waals surface area contributed by atoms with Crippen LogP contribution >= 0.6 is 0 Å². The van der Waals surface area contributed by atoms with Crippen LogP contribution in [0.5, 0.6) is 0 Å². The maximum Gasteiger partial charge on any atom is 0.423 e. The summed E-state index contributed by atoms with van der Waals surface area (Å²) in [4.78, 5) is 37.2. The van der Waals surface area contributed by atoms with Gasteiger partial charge < -0.3 is 19.9 Å². The van der Waals surface area contributed by atoms with E-state index in [1.54, 1.807) is 24.4 Å². The molecule has 2 N–H and O–H groups in total. The zero-order valence-corrected chi connectivity index (χ0v) is 19.5. The number of ether oxygens (including phenoxy) is 1. The van der Waals surface area contributed by atoms with E-state index in [1.807, 2.05) is 11.8 Å². The largest absolute Gasteiger partial charge is 0.423 e. The molecule has 190 valence electrons. The fourth-order valence-electron chi connectivity index (χ4n) is 4.48. The number of amides is 1. The molecule has 2 aromatic rings. The monoisotopic (exact) mass is 495 g/mol. The standard InChI is InChI=1S/C22H28F3N7O3/c1-13-9-26-21(27-10-13)31-6-3-15(4-7-31)32-8-5-17(20(32)34)35-12-14(2)29-16-11-28-30-19(33)18(16)22(23,24)25/h9-11,14-15,17H,3-8,12H2,1-2H3,(H2,29,30,33)/t14-,17+/m0/s1. The van der Waals surface area contributed by atoms with Crippen molar-refractivity contribution in [1.29, 1.82) is 0 Å². The zero-order chi connectivity index (χ0) is 25.2. The number of anilines is 2. The van der Waals surface area contributed by atoms with Crippen molar-refractivity contribution >= 4 is 17.5 Å². The second-order valence-corrected chi connectivity index (χ2v) is 8.95. The summed E-state index contributed by atoms with van der Waals surface area (Å²) in [5.74, 6) is 0.588. The van der Waals surface area contributed by atoms with Crippen molar-refractivity contribution in [2.75, 3.05) is 36.5 Å². The molecule has 35 heavy (non-hydrogen) atoms. The lowest BCUT2D eigenvalue weighted by Crippen LogP contribution is -2.47. The van der Waals surface area contributed by atoms with E-state index in [-0.39, 0.29) is 18.6 Å². The summed E-state index contributed by atoms with van der Waals surface area (Å²) in [5.41, 5.74) is -2.10. The molecule has 2 aromatic heterocycles. The first-order valence-corrected chi connectivity index (χ1v) is 11.5. The Hall–Kier alpha value is -3.22. The second-order valence-electron chi connectivity index (χ2n) is 8.95. The Balaban J connectivity index is 1.27. The second kappa shape index (κ2) is 10.2. The van der Waals surface area contributed by atoms with E-state index >= 15 is 0 Å². The van der Waals surface area contributed by atoms with E-state index in [0.29, 0.717) is 18.9 Å². The topological polar surface area (TPSA) is 116 Å². The average Bonchev–Trinajstić information content (AvgIpc) is 3.18.